The fourth-order valence-corrected chi connectivity index (χ4v) is 2.43. The van der Waals surface area contributed by atoms with Crippen LogP contribution in [0.25, 0.3) is 0 Å². The van der Waals surface area contributed by atoms with Gasteiger partial charge in [-0.05, 0) is 12.8 Å². The number of nitrogens with zero attached hydrogens (tertiary/aromatic N) is 2. The van der Waals surface area contributed by atoms with Crippen LogP contribution < -0.4 is 4.90 Å². The van der Waals surface area contributed by atoms with Crippen molar-refractivity contribution in [3.05, 3.63) is 11.1 Å². The van der Waals surface area contributed by atoms with Crippen molar-refractivity contribution < 1.29 is 4.79 Å². The molecule has 0 atom stereocenters. The maximum absolute atomic E-state index is 11.4. The van der Waals surface area contributed by atoms with Gasteiger partial charge in [-0.25, -0.2) is 4.98 Å². The van der Waals surface area contributed by atoms with Crippen LogP contribution in [0.2, 0.25) is 0 Å². The Morgan fingerprint density at radius 3 is 2.81 bits per heavy atom. The van der Waals surface area contributed by atoms with E-state index in [4.69, 9.17) is 11.6 Å². The van der Waals surface area contributed by atoms with Gasteiger partial charge in [-0.15, -0.1) is 22.9 Å². The molecule has 0 spiro atoms. The van der Waals surface area contributed by atoms with Crippen LogP contribution in [0.15, 0.2) is 5.38 Å². The highest BCUT2D eigenvalue weighted by Gasteiger charge is 2.14. The Kier molecular flexibility index (Phi) is 5.22. The van der Waals surface area contributed by atoms with Gasteiger partial charge in [0.25, 0.3) is 0 Å². The summed E-state index contributed by atoms with van der Waals surface area (Å²) in [5.74, 6) is 0.472. The van der Waals surface area contributed by atoms with Crippen LogP contribution in [-0.4, -0.2) is 29.7 Å². The molecule has 16 heavy (non-hydrogen) atoms. The Balaban J connectivity index is 2.78. The van der Waals surface area contributed by atoms with Gasteiger partial charge in [-0.3, -0.25) is 4.79 Å². The molecule has 1 rings (SSSR count). The molecule has 0 fully saturated rings. The first kappa shape index (κ1) is 13.5. The Morgan fingerprint density at radius 1 is 1.62 bits per heavy atom. The molecule has 0 saturated carbocycles. The van der Waals surface area contributed by atoms with Crippen LogP contribution >= 0.6 is 22.9 Å². The number of ketones is 1. The largest absolute Gasteiger partial charge is 0.348 e. The highest BCUT2D eigenvalue weighted by molar-refractivity contribution is 7.14. The number of halogens is 1. The third-order valence-corrected chi connectivity index (χ3v) is 3.28. The number of carbonyl (C=O) groups is 1. The maximum atomic E-state index is 11.4. The van der Waals surface area contributed by atoms with Crippen molar-refractivity contribution in [1.29, 1.82) is 0 Å². The number of hydrogen-bond donors (Lipinski definition) is 0. The normalized spacial score (nSPS) is 10.8. The zero-order valence-corrected chi connectivity index (χ0v) is 11.4. The molecule has 0 aliphatic carbocycles. The van der Waals surface area contributed by atoms with E-state index in [-0.39, 0.29) is 11.7 Å². The molecule has 0 aromatic carbocycles. The van der Waals surface area contributed by atoms with Crippen molar-refractivity contribution in [2.75, 3.05) is 23.9 Å². The van der Waals surface area contributed by atoms with Crippen molar-refractivity contribution in [3.8, 4) is 0 Å². The van der Waals surface area contributed by atoms with Crippen LogP contribution in [0.3, 0.4) is 0 Å². The second kappa shape index (κ2) is 6.21. The standard InChI is InChI=1S/C11H17ClN2OS/c1-4-14(6-8(2)3)11-13-9(7-16-11)10(15)5-12/h7-8H,4-6H2,1-3H3. The van der Waals surface area contributed by atoms with E-state index >= 15 is 0 Å². The van der Waals surface area contributed by atoms with E-state index in [9.17, 15) is 4.79 Å². The van der Waals surface area contributed by atoms with Gasteiger partial charge in [0.2, 0.25) is 0 Å². The molecule has 1 heterocycles. The average molecular weight is 261 g/mol. The van der Waals surface area contributed by atoms with Crippen molar-refractivity contribution in [1.82, 2.24) is 4.98 Å². The molecular weight excluding hydrogens is 244 g/mol. The zero-order valence-electron chi connectivity index (χ0n) is 9.86. The minimum absolute atomic E-state index is 0.000517. The average Bonchev–Trinajstić information content (AvgIpc) is 2.73. The number of thiazole rings is 1. The van der Waals surface area contributed by atoms with E-state index in [1.807, 2.05) is 0 Å². The SMILES string of the molecule is CCN(CC(C)C)c1nc(C(=O)CCl)cs1. The molecule has 3 nitrogen and oxygen atoms in total. The zero-order chi connectivity index (χ0) is 12.1. The summed E-state index contributed by atoms with van der Waals surface area (Å²) in [5.41, 5.74) is 0.484. The Labute approximate surface area is 105 Å². The van der Waals surface area contributed by atoms with Crippen molar-refractivity contribution in [2.45, 2.75) is 20.8 Å². The lowest BCUT2D eigenvalue weighted by molar-refractivity contribution is 0.101. The van der Waals surface area contributed by atoms with Gasteiger partial charge in [-0.1, -0.05) is 13.8 Å². The monoisotopic (exact) mass is 260 g/mol. The highest BCUT2D eigenvalue weighted by atomic mass is 35.5. The summed E-state index contributed by atoms with van der Waals surface area (Å²) in [4.78, 5) is 17.9. The van der Waals surface area contributed by atoms with E-state index in [1.54, 1.807) is 5.38 Å². The number of rotatable bonds is 6. The Morgan fingerprint density at radius 2 is 2.31 bits per heavy atom. The fraction of sp³-hybridized carbons (Fsp3) is 0.636. The van der Waals surface area contributed by atoms with E-state index in [1.165, 1.54) is 11.3 Å². The summed E-state index contributed by atoms with van der Waals surface area (Å²) in [5, 5.41) is 2.69. The topological polar surface area (TPSA) is 33.2 Å². The highest BCUT2D eigenvalue weighted by Crippen LogP contribution is 2.21. The first-order valence-corrected chi connectivity index (χ1v) is 6.79. The van der Waals surface area contributed by atoms with Gasteiger partial charge in [-0.2, -0.15) is 0 Å². The van der Waals surface area contributed by atoms with E-state index in [0.29, 0.717) is 11.6 Å². The Hall–Kier alpha value is -0.610. The van der Waals surface area contributed by atoms with Gasteiger partial charge in [0.15, 0.2) is 10.9 Å². The van der Waals surface area contributed by atoms with Gasteiger partial charge >= 0.3 is 0 Å². The molecule has 0 N–H and O–H groups in total. The lowest BCUT2D eigenvalue weighted by atomic mass is 10.2. The molecule has 5 heteroatoms. The van der Waals surface area contributed by atoms with Gasteiger partial charge in [0.1, 0.15) is 5.69 Å². The second-order valence-corrected chi connectivity index (χ2v) is 5.11. The summed E-state index contributed by atoms with van der Waals surface area (Å²) in [6.07, 6.45) is 0. The van der Waals surface area contributed by atoms with E-state index in [0.717, 1.165) is 18.2 Å². The molecule has 0 amide bonds. The first-order valence-electron chi connectivity index (χ1n) is 5.38. The van der Waals surface area contributed by atoms with Crippen LogP contribution in [0.1, 0.15) is 31.3 Å². The Bertz CT molecular complexity index is 352. The van der Waals surface area contributed by atoms with Crippen LogP contribution in [0.5, 0.6) is 0 Å². The predicted octanol–water partition coefficient (Wildman–Crippen LogP) is 3.05. The molecular formula is C11H17ClN2OS. The quantitative estimate of drug-likeness (QED) is 0.582. The molecule has 0 aliphatic rings. The van der Waals surface area contributed by atoms with Gasteiger partial charge in [0.05, 0.1) is 5.88 Å². The predicted molar refractivity (Wildman–Crippen MR) is 69.9 cm³/mol. The summed E-state index contributed by atoms with van der Waals surface area (Å²) < 4.78 is 0. The van der Waals surface area contributed by atoms with Gasteiger partial charge in [0, 0.05) is 18.5 Å². The molecule has 1 aromatic rings. The van der Waals surface area contributed by atoms with Crippen LogP contribution in [0.4, 0.5) is 5.13 Å². The molecule has 0 bridgehead atoms. The number of hydrogen-bond acceptors (Lipinski definition) is 4. The lowest BCUT2D eigenvalue weighted by Gasteiger charge is -2.21. The van der Waals surface area contributed by atoms with Crippen molar-refractivity contribution in [3.63, 3.8) is 0 Å². The number of aromatic nitrogens is 1. The third-order valence-electron chi connectivity index (χ3n) is 2.14. The third kappa shape index (κ3) is 3.46. The molecule has 1 aromatic heterocycles. The van der Waals surface area contributed by atoms with Crippen LogP contribution in [-0.2, 0) is 0 Å². The summed E-state index contributed by atoms with van der Waals surface area (Å²) in [7, 11) is 0. The summed E-state index contributed by atoms with van der Waals surface area (Å²) in [6, 6.07) is 0. The minimum atomic E-state index is -0.107. The van der Waals surface area contributed by atoms with Gasteiger partial charge < -0.3 is 4.90 Å². The number of alkyl halides is 1. The lowest BCUT2D eigenvalue weighted by Crippen LogP contribution is -2.27. The molecule has 90 valence electrons. The molecule has 0 aliphatic heterocycles. The number of Topliss-reactive ketones (excluding diaryl/α,β-unsaturated/α-hetero) is 1. The van der Waals surface area contributed by atoms with Crippen molar-refractivity contribution in [2.24, 2.45) is 5.92 Å². The second-order valence-electron chi connectivity index (χ2n) is 4.00. The number of anilines is 1. The first-order chi connectivity index (χ1) is 7.58. The molecule has 0 radical (unpaired) electrons. The summed E-state index contributed by atoms with van der Waals surface area (Å²) in [6.45, 7) is 8.29. The minimum Gasteiger partial charge on any atom is -0.348 e. The molecule has 0 unspecified atom stereocenters. The maximum Gasteiger partial charge on any atom is 0.196 e. The van der Waals surface area contributed by atoms with E-state index in [2.05, 4.69) is 30.7 Å². The smallest absolute Gasteiger partial charge is 0.196 e. The van der Waals surface area contributed by atoms with E-state index < -0.39 is 0 Å². The van der Waals surface area contributed by atoms with Crippen LogP contribution in [0, 0.1) is 5.92 Å². The summed E-state index contributed by atoms with van der Waals surface area (Å²) >= 11 is 7.00. The van der Waals surface area contributed by atoms with Crippen molar-refractivity contribution >= 4 is 33.9 Å². The number of carbonyl (C=O) groups excluding carboxylic acids is 1. The molecule has 0 saturated heterocycles. The fourth-order valence-electron chi connectivity index (χ4n) is 1.39.